The number of nitrogens with zero attached hydrogens (tertiary/aromatic N) is 6. The molecule has 7 rings (SSSR count). The summed E-state index contributed by atoms with van der Waals surface area (Å²) in [6.07, 6.45) is 2.04. The number of benzene rings is 3. The largest absolute Gasteiger partial charge is 0.493 e. The second kappa shape index (κ2) is 12.4. The molecule has 0 aliphatic carbocycles. The van der Waals surface area contributed by atoms with E-state index < -0.39 is 5.97 Å². The van der Waals surface area contributed by atoms with Crippen molar-refractivity contribution in [1.29, 1.82) is 0 Å². The van der Waals surface area contributed by atoms with Crippen LogP contribution in [0.15, 0.2) is 48.5 Å². The molecule has 248 valence electrons. The molecule has 0 radical (unpaired) electrons. The average molecular weight is 669 g/mol. The number of rotatable bonds is 1. The van der Waals surface area contributed by atoms with Gasteiger partial charge in [0.2, 0.25) is 0 Å². The van der Waals surface area contributed by atoms with Crippen LogP contribution in [0.25, 0.3) is 32.8 Å². The van der Waals surface area contributed by atoms with Crippen molar-refractivity contribution in [2.75, 3.05) is 13.7 Å². The maximum Gasteiger partial charge on any atom is 0.352 e. The topological polar surface area (TPSA) is 90.3 Å². The second-order valence-electron chi connectivity index (χ2n) is 12.9. The Hall–Kier alpha value is -4.67. The second-order valence-corrected chi connectivity index (χ2v) is 13.3. The third-order valence-corrected chi connectivity index (χ3v) is 9.87. The summed E-state index contributed by atoms with van der Waals surface area (Å²) >= 11 is 7.00. The molecule has 0 fully saturated rings. The number of aromatic carboxylic acids is 1. The summed E-state index contributed by atoms with van der Waals surface area (Å²) in [5.41, 5.74) is 8.26. The number of aromatic nitrogens is 5. The van der Waals surface area contributed by atoms with E-state index in [-0.39, 0.29) is 11.5 Å². The average Bonchev–Trinajstić information content (AvgIpc) is 3.62. The predicted octanol–water partition coefficient (Wildman–Crippen LogP) is 7.24. The van der Waals surface area contributed by atoms with Crippen molar-refractivity contribution >= 4 is 39.2 Å². The summed E-state index contributed by atoms with van der Waals surface area (Å²) in [5.74, 6) is -0.618. The summed E-state index contributed by atoms with van der Waals surface area (Å²) in [6, 6.07) is 14.7. The number of aryl methyl sites for hydroxylation is 6. The number of halogens is 2. The smallest absolute Gasteiger partial charge is 0.352 e. The molecule has 3 aromatic carbocycles. The van der Waals surface area contributed by atoms with Crippen LogP contribution in [0.2, 0.25) is 5.02 Å². The molecule has 0 saturated carbocycles. The number of hydrogen-bond acceptors (Lipinski definition) is 5. The number of carboxylic acid groups (broad SMARTS) is 1. The van der Waals surface area contributed by atoms with Crippen LogP contribution in [0.4, 0.5) is 4.39 Å². The fraction of sp³-hybridized carbons (Fsp3) is 0.324. The van der Waals surface area contributed by atoms with Gasteiger partial charge in [0.25, 0.3) is 0 Å². The zero-order chi connectivity index (χ0) is 33.9. The minimum absolute atomic E-state index is 0.227. The van der Waals surface area contributed by atoms with Gasteiger partial charge in [-0.3, -0.25) is 14.3 Å². The summed E-state index contributed by atoms with van der Waals surface area (Å²) < 4.78 is 26.3. The Morgan fingerprint density at radius 1 is 0.958 bits per heavy atom. The molecule has 6 aromatic rings. The minimum Gasteiger partial charge on any atom is -0.493 e. The number of fused-ring (bicyclic) bond motifs is 8. The molecule has 4 heterocycles. The van der Waals surface area contributed by atoms with Crippen LogP contribution in [0.3, 0.4) is 0 Å². The van der Waals surface area contributed by atoms with E-state index in [4.69, 9.17) is 26.5 Å². The van der Waals surface area contributed by atoms with Gasteiger partial charge in [-0.1, -0.05) is 17.7 Å². The van der Waals surface area contributed by atoms with Crippen molar-refractivity contribution in [2.24, 2.45) is 14.1 Å². The fourth-order valence-corrected chi connectivity index (χ4v) is 7.51. The monoisotopic (exact) mass is 668 g/mol. The molecule has 0 atom stereocenters. The Bertz CT molecular complexity index is 2230. The Kier molecular flexibility index (Phi) is 8.25. The fourth-order valence-electron chi connectivity index (χ4n) is 7.25. The first kappa shape index (κ1) is 31.9. The van der Waals surface area contributed by atoms with Crippen molar-refractivity contribution in [3.8, 4) is 16.9 Å². The first-order valence-corrected chi connectivity index (χ1v) is 16.5. The maximum atomic E-state index is 14.3. The third kappa shape index (κ3) is 5.62. The lowest BCUT2D eigenvalue weighted by Crippen LogP contribution is -2.18. The van der Waals surface area contributed by atoms with Crippen molar-refractivity contribution in [1.82, 2.24) is 29.0 Å². The van der Waals surface area contributed by atoms with Crippen molar-refractivity contribution in [3.63, 3.8) is 0 Å². The molecular weight excluding hydrogens is 631 g/mol. The molecule has 11 heteroatoms. The van der Waals surface area contributed by atoms with Crippen LogP contribution in [-0.4, -0.2) is 53.8 Å². The number of carbonyl (C=O) groups is 1. The van der Waals surface area contributed by atoms with Gasteiger partial charge in [-0.05, 0) is 99.1 Å². The van der Waals surface area contributed by atoms with Crippen LogP contribution in [0.1, 0.15) is 50.8 Å². The normalized spacial score (nSPS) is 14.6. The molecule has 0 amide bonds. The van der Waals surface area contributed by atoms with E-state index in [1.807, 2.05) is 73.2 Å². The summed E-state index contributed by atoms with van der Waals surface area (Å²) in [4.78, 5) is 14.9. The van der Waals surface area contributed by atoms with Gasteiger partial charge in [-0.2, -0.15) is 10.2 Å². The van der Waals surface area contributed by atoms with Gasteiger partial charge in [-0.25, -0.2) is 9.18 Å². The first-order valence-electron chi connectivity index (χ1n) is 16.1. The van der Waals surface area contributed by atoms with E-state index in [0.29, 0.717) is 49.0 Å². The molecule has 0 saturated heterocycles. The number of hydrogen-bond donors (Lipinski definition) is 1. The highest BCUT2D eigenvalue weighted by Gasteiger charge is 2.27. The van der Waals surface area contributed by atoms with E-state index in [0.717, 1.165) is 74.0 Å². The zero-order valence-electron chi connectivity index (χ0n) is 27.8. The molecule has 0 spiro atoms. The van der Waals surface area contributed by atoms with E-state index in [1.165, 1.54) is 12.1 Å². The number of carboxylic acids is 1. The van der Waals surface area contributed by atoms with Gasteiger partial charge in [0, 0.05) is 77.6 Å². The highest BCUT2D eigenvalue weighted by molar-refractivity contribution is 6.35. The molecule has 3 aromatic heterocycles. The Morgan fingerprint density at radius 2 is 1.77 bits per heavy atom. The Labute approximate surface area is 283 Å². The molecule has 8 bridgehead atoms. The standard InChI is InChI=1S/C37H38ClFN6O3/c1-21-33-31-12-11-29(38)35(33)34-22(2)43(4)41-30(34)20-42(3)19-26-18-27(44(5)40-26)9-7-23-15-24-17-25(39)8-10-28(24)32(16-23)48-14-6-13-45(31)36(21)37(46)47/h8,10-12,15-18H,6-7,9,13-14,19-20H2,1-5H3,(H,46,47). The SMILES string of the molecule is Cc1c(C(=O)O)n2c3ccc(Cl)c(c13)-c1c(nn(C)c1C)CN(C)Cc1cc(n(C)n1)CCc1cc(c3ccc(F)cc3c1)OCCC2. The summed E-state index contributed by atoms with van der Waals surface area (Å²) in [6.45, 7) is 5.77. The van der Waals surface area contributed by atoms with Crippen molar-refractivity contribution in [3.05, 3.63) is 99.0 Å². The van der Waals surface area contributed by atoms with Gasteiger partial charge in [0.05, 0.1) is 18.0 Å². The molecule has 48 heavy (non-hydrogen) atoms. The van der Waals surface area contributed by atoms with Crippen molar-refractivity contribution < 1.29 is 19.0 Å². The first-order chi connectivity index (χ1) is 23.0. The third-order valence-electron chi connectivity index (χ3n) is 9.55. The summed E-state index contributed by atoms with van der Waals surface area (Å²) in [5, 5.41) is 23.1. The van der Waals surface area contributed by atoms with Gasteiger partial charge in [0.1, 0.15) is 17.3 Å². The van der Waals surface area contributed by atoms with Gasteiger partial charge in [0.15, 0.2) is 0 Å². The summed E-state index contributed by atoms with van der Waals surface area (Å²) in [7, 11) is 5.92. The van der Waals surface area contributed by atoms with Crippen LogP contribution >= 0.6 is 11.6 Å². The van der Waals surface area contributed by atoms with E-state index in [9.17, 15) is 14.3 Å². The molecule has 0 unspecified atom stereocenters. The lowest BCUT2D eigenvalue weighted by Gasteiger charge is -2.16. The lowest BCUT2D eigenvalue weighted by molar-refractivity contribution is 0.0684. The highest BCUT2D eigenvalue weighted by atomic mass is 35.5. The molecule has 1 aliphatic rings. The van der Waals surface area contributed by atoms with Crippen LogP contribution < -0.4 is 4.74 Å². The Morgan fingerprint density at radius 3 is 2.56 bits per heavy atom. The quantitative estimate of drug-likeness (QED) is 0.199. The van der Waals surface area contributed by atoms with Crippen LogP contribution in [0, 0.1) is 19.7 Å². The maximum absolute atomic E-state index is 14.3. The van der Waals surface area contributed by atoms with Gasteiger partial charge < -0.3 is 14.4 Å². The molecule has 1 aliphatic heterocycles. The molecule has 1 N–H and O–H groups in total. The zero-order valence-corrected chi connectivity index (χ0v) is 28.5. The molecule has 9 nitrogen and oxygen atoms in total. The Balaban J connectivity index is 1.38. The van der Waals surface area contributed by atoms with Crippen LogP contribution in [-0.2, 0) is 46.6 Å². The highest BCUT2D eigenvalue weighted by Crippen LogP contribution is 2.42. The van der Waals surface area contributed by atoms with Gasteiger partial charge >= 0.3 is 5.97 Å². The van der Waals surface area contributed by atoms with Gasteiger partial charge in [-0.15, -0.1) is 0 Å². The lowest BCUT2D eigenvalue weighted by atomic mass is 9.96. The van der Waals surface area contributed by atoms with Crippen molar-refractivity contribution in [2.45, 2.75) is 52.7 Å². The molecular formula is C37H38ClFN6O3. The van der Waals surface area contributed by atoms with E-state index >= 15 is 0 Å². The van der Waals surface area contributed by atoms with E-state index in [2.05, 4.69) is 11.0 Å². The van der Waals surface area contributed by atoms with Crippen LogP contribution in [0.5, 0.6) is 5.75 Å². The number of ether oxygens (including phenoxy) is 1. The van der Waals surface area contributed by atoms with E-state index in [1.54, 1.807) is 6.07 Å². The predicted molar refractivity (Wildman–Crippen MR) is 185 cm³/mol. The minimum atomic E-state index is -1.00.